The van der Waals surface area contributed by atoms with Crippen molar-refractivity contribution in [3.05, 3.63) is 59.7 Å². The summed E-state index contributed by atoms with van der Waals surface area (Å²) in [5, 5.41) is 9.99. The Balaban J connectivity index is 1.56. The van der Waals surface area contributed by atoms with Crippen LogP contribution in [0.3, 0.4) is 0 Å². The van der Waals surface area contributed by atoms with Gasteiger partial charge in [-0.05, 0) is 56.6 Å². The predicted octanol–water partition coefficient (Wildman–Crippen LogP) is 3.52. The van der Waals surface area contributed by atoms with Crippen LogP contribution in [0.5, 0.6) is 0 Å². The van der Waals surface area contributed by atoms with Gasteiger partial charge in [-0.15, -0.1) is 0 Å². The molecule has 2 aliphatic rings. The third-order valence-electron chi connectivity index (χ3n) is 6.25. The number of aliphatic hydroxyl groups excluding tert-OH is 1. The number of benzene rings is 2. The molecule has 2 aliphatic heterocycles. The maximum atomic E-state index is 9.99. The first-order valence-corrected chi connectivity index (χ1v) is 9.89. The highest BCUT2D eigenvalue weighted by atomic mass is 16.3. The van der Waals surface area contributed by atoms with E-state index in [2.05, 4.69) is 72.3 Å². The van der Waals surface area contributed by atoms with E-state index in [4.69, 9.17) is 0 Å². The molecule has 138 valence electrons. The van der Waals surface area contributed by atoms with Gasteiger partial charge >= 0.3 is 0 Å². The van der Waals surface area contributed by atoms with Gasteiger partial charge in [-0.1, -0.05) is 54.1 Å². The van der Waals surface area contributed by atoms with Gasteiger partial charge in [-0.3, -0.25) is 4.90 Å². The van der Waals surface area contributed by atoms with E-state index in [0.29, 0.717) is 12.0 Å². The molecule has 0 unspecified atom stereocenters. The Labute approximate surface area is 157 Å². The van der Waals surface area contributed by atoms with E-state index in [1.807, 2.05) is 0 Å². The molecule has 4 rings (SSSR count). The highest BCUT2D eigenvalue weighted by Gasteiger charge is 2.48. The molecule has 0 saturated carbocycles. The summed E-state index contributed by atoms with van der Waals surface area (Å²) in [6, 6.07) is 18.5. The molecule has 2 fully saturated rings. The zero-order chi connectivity index (χ0) is 18.1. The molecule has 0 amide bonds. The predicted molar refractivity (Wildman–Crippen MR) is 107 cm³/mol. The van der Waals surface area contributed by atoms with E-state index < -0.39 is 0 Å². The van der Waals surface area contributed by atoms with Crippen LogP contribution >= 0.6 is 0 Å². The van der Waals surface area contributed by atoms with Crippen molar-refractivity contribution in [3.8, 4) is 11.1 Å². The van der Waals surface area contributed by atoms with Gasteiger partial charge in [0.1, 0.15) is 0 Å². The standard InChI is InChI=1S/C23H30N2O/c1-17-5-7-18(8-6-17)19-9-11-20(12-10-19)23-21-15-24(2)13-3-4-14-25(21)22(23)16-26/h5-12,21-23,26H,3-4,13-16H2,1-2H3/t21-,22-,23-/m0/s1. The van der Waals surface area contributed by atoms with Gasteiger partial charge in [0, 0.05) is 24.5 Å². The molecule has 3 heteroatoms. The minimum atomic E-state index is 0.255. The van der Waals surface area contributed by atoms with Crippen LogP contribution in [-0.4, -0.2) is 60.3 Å². The van der Waals surface area contributed by atoms with Gasteiger partial charge in [0.2, 0.25) is 0 Å². The van der Waals surface area contributed by atoms with Crippen molar-refractivity contribution < 1.29 is 5.11 Å². The second kappa shape index (κ2) is 7.51. The molecule has 1 N–H and O–H groups in total. The number of aryl methyl sites for hydroxylation is 1. The van der Waals surface area contributed by atoms with Crippen molar-refractivity contribution in [1.29, 1.82) is 0 Å². The van der Waals surface area contributed by atoms with E-state index >= 15 is 0 Å². The van der Waals surface area contributed by atoms with Gasteiger partial charge in [-0.25, -0.2) is 0 Å². The average Bonchev–Trinajstić information content (AvgIpc) is 2.64. The lowest BCUT2D eigenvalue weighted by Crippen LogP contribution is -2.67. The van der Waals surface area contributed by atoms with Gasteiger partial charge in [-0.2, -0.15) is 0 Å². The van der Waals surface area contributed by atoms with Crippen molar-refractivity contribution >= 4 is 0 Å². The lowest BCUT2D eigenvalue weighted by atomic mass is 9.74. The fourth-order valence-electron chi connectivity index (χ4n) is 4.76. The number of rotatable bonds is 3. The highest BCUT2D eigenvalue weighted by Crippen LogP contribution is 2.42. The summed E-state index contributed by atoms with van der Waals surface area (Å²) in [7, 11) is 2.23. The van der Waals surface area contributed by atoms with E-state index in [1.165, 1.54) is 41.6 Å². The molecule has 2 aromatic carbocycles. The first kappa shape index (κ1) is 17.7. The third kappa shape index (κ3) is 3.32. The second-order valence-corrected chi connectivity index (χ2v) is 8.04. The Morgan fingerprint density at radius 1 is 0.923 bits per heavy atom. The zero-order valence-corrected chi connectivity index (χ0v) is 15.9. The first-order chi connectivity index (χ1) is 12.7. The van der Waals surface area contributed by atoms with Crippen LogP contribution in [0.4, 0.5) is 0 Å². The molecular formula is C23H30N2O. The topological polar surface area (TPSA) is 26.7 Å². The Bertz CT molecular complexity index is 725. The normalized spacial score (nSPS) is 27.3. The number of fused-ring (bicyclic) bond motifs is 1. The third-order valence-corrected chi connectivity index (χ3v) is 6.25. The summed E-state index contributed by atoms with van der Waals surface area (Å²) in [6.07, 6.45) is 2.49. The SMILES string of the molecule is Cc1ccc(-c2ccc([C@@H]3[C@H](CO)N4CCCCN(C)C[C@@H]34)cc2)cc1. The smallest absolute Gasteiger partial charge is 0.0593 e. The largest absolute Gasteiger partial charge is 0.395 e. The van der Waals surface area contributed by atoms with E-state index in [0.717, 1.165) is 13.1 Å². The van der Waals surface area contributed by atoms with Crippen molar-refractivity contribution in [3.63, 3.8) is 0 Å². The summed E-state index contributed by atoms with van der Waals surface area (Å²) < 4.78 is 0. The minimum Gasteiger partial charge on any atom is -0.395 e. The molecule has 3 atom stereocenters. The van der Waals surface area contributed by atoms with Gasteiger partial charge in [0.05, 0.1) is 6.61 Å². The molecule has 2 aromatic rings. The van der Waals surface area contributed by atoms with Crippen molar-refractivity contribution in [1.82, 2.24) is 9.80 Å². The van der Waals surface area contributed by atoms with Crippen LogP contribution < -0.4 is 0 Å². The van der Waals surface area contributed by atoms with Crippen LogP contribution in [0.25, 0.3) is 11.1 Å². The summed E-state index contributed by atoms with van der Waals surface area (Å²) >= 11 is 0. The second-order valence-electron chi connectivity index (χ2n) is 8.04. The van der Waals surface area contributed by atoms with Crippen LogP contribution in [0.1, 0.15) is 29.9 Å². The maximum absolute atomic E-state index is 9.99. The highest BCUT2D eigenvalue weighted by molar-refractivity contribution is 5.64. The molecule has 0 radical (unpaired) electrons. The minimum absolute atomic E-state index is 0.255. The fraction of sp³-hybridized carbons (Fsp3) is 0.478. The Morgan fingerprint density at radius 2 is 1.54 bits per heavy atom. The first-order valence-electron chi connectivity index (χ1n) is 9.89. The average molecular weight is 351 g/mol. The molecular weight excluding hydrogens is 320 g/mol. The fourth-order valence-corrected chi connectivity index (χ4v) is 4.76. The Morgan fingerprint density at radius 3 is 2.19 bits per heavy atom. The van der Waals surface area contributed by atoms with Crippen molar-refractivity contribution in [2.45, 2.75) is 37.8 Å². The summed E-state index contributed by atoms with van der Waals surface area (Å²) in [5.41, 5.74) is 5.19. The Kier molecular flexibility index (Phi) is 5.12. The monoisotopic (exact) mass is 350 g/mol. The lowest BCUT2D eigenvalue weighted by Gasteiger charge is -2.57. The number of hydrogen-bond donors (Lipinski definition) is 1. The van der Waals surface area contributed by atoms with Gasteiger partial charge < -0.3 is 10.0 Å². The molecule has 26 heavy (non-hydrogen) atoms. The zero-order valence-electron chi connectivity index (χ0n) is 15.9. The van der Waals surface area contributed by atoms with Crippen molar-refractivity contribution in [2.75, 3.05) is 33.3 Å². The lowest BCUT2D eigenvalue weighted by molar-refractivity contribution is -0.0614. The summed E-state index contributed by atoms with van der Waals surface area (Å²) in [5.74, 6) is 0.438. The number of likely N-dealkylation sites (N-methyl/N-ethyl adjacent to an activating group) is 1. The molecule has 0 aromatic heterocycles. The number of hydrogen-bond acceptors (Lipinski definition) is 3. The van der Waals surface area contributed by atoms with Crippen LogP contribution in [-0.2, 0) is 0 Å². The summed E-state index contributed by atoms with van der Waals surface area (Å²) in [6.45, 7) is 5.79. The van der Waals surface area contributed by atoms with E-state index in [-0.39, 0.29) is 12.6 Å². The van der Waals surface area contributed by atoms with Gasteiger partial charge in [0.25, 0.3) is 0 Å². The summed E-state index contributed by atoms with van der Waals surface area (Å²) in [4.78, 5) is 4.99. The van der Waals surface area contributed by atoms with Crippen LogP contribution in [0, 0.1) is 6.92 Å². The molecule has 3 nitrogen and oxygen atoms in total. The molecule has 0 spiro atoms. The Hall–Kier alpha value is -1.68. The molecule has 0 aliphatic carbocycles. The van der Waals surface area contributed by atoms with Crippen molar-refractivity contribution in [2.24, 2.45) is 0 Å². The van der Waals surface area contributed by atoms with E-state index in [1.54, 1.807) is 0 Å². The number of aliphatic hydroxyl groups is 1. The molecule has 2 saturated heterocycles. The quantitative estimate of drug-likeness (QED) is 0.918. The van der Waals surface area contributed by atoms with E-state index in [9.17, 15) is 5.11 Å². The van der Waals surface area contributed by atoms with Crippen LogP contribution in [0.15, 0.2) is 48.5 Å². The molecule has 2 heterocycles. The van der Waals surface area contributed by atoms with Crippen LogP contribution in [0.2, 0.25) is 0 Å². The number of nitrogens with zero attached hydrogens (tertiary/aromatic N) is 2. The maximum Gasteiger partial charge on any atom is 0.0593 e. The van der Waals surface area contributed by atoms with Gasteiger partial charge in [0.15, 0.2) is 0 Å². The molecule has 0 bridgehead atoms.